The third-order valence-corrected chi connectivity index (χ3v) is 3.34. The van der Waals surface area contributed by atoms with Gasteiger partial charge in [0.2, 0.25) is 0 Å². The largest absolute Gasteiger partial charge is 0.464 e. The molecule has 3 nitrogen and oxygen atoms in total. The molecule has 0 spiro atoms. The summed E-state index contributed by atoms with van der Waals surface area (Å²) in [5, 5.41) is 0. The third kappa shape index (κ3) is 4.28. The fourth-order valence-electron chi connectivity index (χ4n) is 2.33. The van der Waals surface area contributed by atoms with Crippen LogP contribution in [0.15, 0.2) is 12.2 Å². The Morgan fingerprint density at radius 2 is 2.17 bits per heavy atom. The fourth-order valence-corrected chi connectivity index (χ4v) is 2.33. The molecule has 0 aromatic rings. The topological polar surface area (TPSA) is 43.4 Å². The van der Waals surface area contributed by atoms with Gasteiger partial charge >= 0.3 is 5.97 Å². The van der Waals surface area contributed by atoms with Crippen molar-refractivity contribution in [2.24, 2.45) is 17.8 Å². The number of ether oxygens (including phenoxy) is 1. The molecule has 0 radical (unpaired) electrons. The van der Waals surface area contributed by atoms with Crippen LogP contribution in [0.25, 0.3) is 0 Å². The Morgan fingerprint density at radius 3 is 2.78 bits per heavy atom. The van der Waals surface area contributed by atoms with Gasteiger partial charge < -0.3 is 4.74 Å². The van der Waals surface area contributed by atoms with Crippen LogP contribution >= 0.6 is 0 Å². The van der Waals surface area contributed by atoms with Crippen molar-refractivity contribution in [1.29, 1.82) is 0 Å². The summed E-state index contributed by atoms with van der Waals surface area (Å²) in [7, 11) is 0. The molecule has 1 fully saturated rings. The zero-order valence-corrected chi connectivity index (χ0v) is 11.6. The summed E-state index contributed by atoms with van der Waals surface area (Å²) < 4.78 is 4.99. The van der Waals surface area contributed by atoms with Gasteiger partial charge in [-0.3, -0.25) is 9.59 Å². The molecule has 1 rings (SSSR count). The second-order valence-corrected chi connectivity index (χ2v) is 5.40. The summed E-state index contributed by atoms with van der Waals surface area (Å²) >= 11 is 0. The summed E-state index contributed by atoms with van der Waals surface area (Å²) in [6.07, 6.45) is 7.36. The minimum absolute atomic E-state index is 0.0457. The van der Waals surface area contributed by atoms with Gasteiger partial charge in [-0.05, 0) is 19.3 Å². The smallest absolute Gasteiger partial charge is 0.317 e. The van der Waals surface area contributed by atoms with E-state index in [0.717, 1.165) is 19.3 Å². The van der Waals surface area contributed by atoms with Crippen molar-refractivity contribution in [2.75, 3.05) is 6.61 Å². The van der Waals surface area contributed by atoms with Crippen molar-refractivity contribution in [2.45, 2.75) is 46.5 Å². The molecule has 1 unspecified atom stereocenters. The lowest BCUT2D eigenvalue weighted by Crippen LogP contribution is -2.24. The molecule has 0 amide bonds. The average molecular weight is 252 g/mol. The van der Waals surface area contributed by atoms with Gasteiger partial charge in [0.1, 0.15) is 11.7 Å². The minimum atomic E-state index is -0.555. The molecular formula is C15H24O3. The number of hydrogen-bond acceptors (Lipinski definition) is 3. The summed E-state index contributed by atoms with van der Waals surface area (Å²) in [5.74, 6) is -0.232. The lowest BCUT2D eigenvalue weighted by Gasteiger charge is -2.10. The highest BCUT2D eigenvalue weighted by Gasteiger charge is 2.39. The summed E-state index contributed by atoms with van der Waals surface area (Å²) in [4.78, 5) is 23.6. The first-order valence-corrected chi connectivity index (χ1v) is 6.88. The SMILES string of the molecule is C/C=C/[C@@H]1COC(=O)C1C(=O)CCCCC(C)C. The van der Waals surface area contributed by atoms with E-state index in [9.17, 15) is 9.59 Å². The summed E-state index contributed by atoms with van der Waals surface area (Å²) in [5.41, 5.74) is 0. The van der Waals surface area contributed by atoms with Crippen molar-refractivity contribution in [3.63, 3.8) is 0 Å². The maximum Gasteiger partial charge on any atom is 0.317 e. The van der Waals surface area contributed by atoms with Crippen molar-refractivity contribution >= 4 is 11.8 Å². The van der Waals surface area contributed by atoms with Crippen LogP contribution in [0.4, 0.5) is 0 Å². The van der Waals surface area contributed by atoms with Crippen LogP contribution < -0.4 is 0 Å². The normalized spacial score (nSPS) is 23.9. The number of carbonyl (C=O) groups is 2. The van der Waals surface area contributed by atoms with Crippen LogP contribution in [-0.2, 0) is 14.3 Å². The second-order valence-electron chi connectivity index (χ2n) is 5.40. The van der Waals surface area contributed by atoms with E-state index in [4.69, 9.17) is 4.74 Å². The molecule has 102 valence electrons. The minimum Gasteiger partial charge on any atom is -0.464 e. The Bertz CT molecular complexity index is 318. The number of ketones is 1. The zero-order valence-electron chi connectivity index (χ0n) is 11.6. The number of carbonyl (C=O) groups excluding carboxylic acids is 2. The number of cyclic esters (lactones) is 1. The molecule has 2 atom stereocenters. The molecule has 3 heteroatoms. The van der Waals surface area contributed by atoms with E-state index in [0.29, 0.717) is 18.9 Å². The predicted molar refractivity (Wildman–Crippen MR) is 71.1 cm³/mol. The number of unbranched alkanes of at least 4 members (excludes halogenated alkanes) is 1. The van der Waals surface area contributed by atoms with Crippen LogP contribution in [0, 0.1) is 17.8 Å². The molecular weight excluding hydrogens is 228 g/mol. The molecule has 1 saturated heterocycles. The molecule has 1 aliphatic rings. The van der Waals surface area contributed by atoms with Crippen molar-refractivity contribution < 1.29 is 14.3 Å². The quantitative estimate of drug-likeness (QED) is 0.302. The zero-order chi connectivity index (χ0) is 13.5. The van der Waals surface area contributed by atoms with Gasteiger partial charge in [-0.1, -0.05) is 38.8 Å². The number of allylic oxidation sites excluding steroid dienone is 1. The van der Waals surface area contributed by atoms with Crippen LogP contribution in [0.1, 0.15) is 46.5 Å². The molecule has 0 N–H and O–H groups in total. The Hall–Kier alpha value is -1.12. The van der Waals surface area contributed by atoms with Crippen LogP contribution in [0.5, 0.6) is 0 Å². The lowest BCUT2D eigenvalue weighted by atomic mass is 9.88. The molecule has 1 aliphatic heterocycles. The number of hydrogen-bond donors (Lipinski definition) is 0. The van der Waals surface area contributed by atoms with E-state index in [-0.39, 0.29) is 17.7 Å². The average Bonchev–Trinajstić information content (AvgIpc) is 2.66. The third-order valence-electron chi connectivity index (χ3n) is 3.34. The van der Waals surface area contributed by atoms with Gasteiger partial charge in [-0.2, -0.15) is 0 Å². The monoisotopic (exact) mass is 252 g/mol. The summed E-state index contributed by atoms with van der Waals surface area (Å²) in [6, 6.07) is 0. The van der Waals surface area contributed by atoms with E-state index in [1.54, 1.807) is 0 Å². The van der Waals surface area contributed by atoms with E-state index in [2.05, 4.69) is 13.8 Å². The van der Waals surface area contributed by atoms with Gasteiger partial charge in [0, 0.05) is 12.3 Å². The highest BCUT2D eigenvalue weighted by atomic mass is 16.5. The van der Waals surface area contributed by atoms with Gasteiger partial charge in [-0.15, -0.1) is 0 Å². The van der Waals surface area contributed by atoms with Gasteiger partial charge in [0.25, 0.3) is 0 Å². The van der Waals surface area contributed by atoms with Crippen molar-refractivity contribution in [3.8, 4) is 0 Å². The first kappa shape index (κ1) is 14.9. The number of esters is 1. The van der Waals surface area contributed by atoms with Crippen molar-refractivity contribution in [3.05, 3.63) is 12.2 Å². The maximum atomic E-state index is 12.1. The lowest BCUT2D eigenvalue weighted by molar-refractivity contribution is -0.144. The fraction of sp³-hybridized carbons (Fsp3) is 0.733. The first-order valence-electron chi connectivity index (χ1n) is 6.88. The first-order chi connectivity index (χ1) is 8.56. The molecule has 1 heterocycles. The van der Waals surface area contributed by atoms with E-state index < -0.39 is 5.92 Å². The van der Waals surface area contributed by atoms with E-state index >= 15 is 0 Å². The van der Waals surface area contributed by atoms with Crippen LogP contribution in [0.2, 0.25) is 0 Å². The molecule has 0 bridgehead atoms. The Morgan fingerprint density at radius 1 is 1.44 bits per heavy atom. The maximum absolute atomic E-state index is 12.1. The van der Waals surface area contributed by atoms with Gasteiger partial charge in [0.05, 0.1) is 6.61 Å². The van der Waals surface area contributed by atoms with Crippen LogP contribution in [0.3, 0.4) is 0 Å². The molecule has 0 aromatic heterocycles. The molecule has 18 heavy (non-hydrogen) atoms. The van der Waals surface area contributed by atoms with Gasteiger partial charge in [0.15, 0.2) is 0 Å². The molecule has 0 saturated carbocycles. The van der Waals surface area contributed by atoms with E-state index in [1.807, 2.05) is 19.1 Å². The highest BCUT2D eigenvalue weighted by molar-refractivity contribution is 6.00. The van der Waals surface area contributed by atoms with E-state index in [1.165, 1.54) is 0 Å². The van der Waals surface area contributed by atoms with Crippen LogP contribution in [-0.4, -0.2) is 18.4 Å². The summed E-state index contributed by atoms with van der Waals surface area (Å²) in [6.45, 7) is 6.61. The Labute approximate surface area is 110 Å². The standard InChI is InChI=1S/C15H24O3/c1-4-7-12-10-18-15(17)14(12)13(16)9-6-5-8-11(2)3/h4,7,11-12,14H,5-6,8-10H2,1-3H3/b7-4+/t12-,14?/m1/s1. The second kappa shape index (κ2) is 7.34. The molecule has 0 aliphatic carbocycles. The Kier molecular flexibility index (Phi) is 6.10. The van der Waals surface area contributed by atoms with Crippen molar-refractivity contribution in [1.82, 2.24) is 0 Å². The number of Topliss-reactive ketones (excluding diaryl/α,β-unsaturated/α-hetero) is 1. The van der Waals surface area contributed by atoms with Gasteiger partial charge in [-0.25, -0.2) is 0 Å². The predicted octanol–water partition coefficient (Wildman–Crippen LogP) is 3.14. The highest BCUT2D eigenvalue weighted by Crippen LogP contribution is 2.26. The number of rotatable bonds is 7. The molecule has 0 aromatic carbocycles. The Balaban J connectivity index is 2.41.